The van der Waals surface area contributed by atoms with Gasteiger partial charge in [-0.3, -0.25) is 4.90 Å². The van der Waals surface area contributed by atoms with Gasteiger partial charge in [-0.05, 0) is 26.3 Å². The molecule has 0 aliphatic carbocycles. The number of aliphatic hydroxyl groups is 1. The Hall–Kier alpha value is -0.0800. The van der Waals surface area contributed by atoms with Gasteiger partial charge in [-0.25, -0.2) is 0 Å². The number of nitrogens with zero attached hydrogens (tertiary/aromatic N) is 1. The molecule has 1 heterocycles. The molecule has 1 N–H and O–H groups in total. The third-order valence-corrected chi connectivity index (χ3v) is 1.73. The summed E-state index contributed by atoms with van der Waals surface area (Å²) in [7, 11) is 1.96. The molecule has 0 spiro atoms. The van der Waals surface area contributed by atoms with Gasteiger partial charge < -0.3 is 5.11 Å². The third kappa shape index (κ3) is 1.20. The summed E-state index contributed by atoms with van der Waals surface area (Å²) in [6, 6.07) is 0. The van der Waals surface area contributed by atoms with Gasteiger partial charge in [0.1, 0.15) is 6.23 Å². The van der Waals surface area contributed by atoms with Crippen LogP contribution >= 0.6 is 0 Å². The Morgan fingerprint density at radius 2 is 2.25 bits per heavy atom. The van der Waals surface area contributed by atoms with Crippen molar-refractivity contribution in [3.8, 4) is 0 Å². The maximum atomic E-state index is 9.10. The van der Waals surface area contributed by atoms with E-state index in [9.17, 15) is 0 Å². The molecule has 1 aliphatic heterocycles. The van der Waals surface area contributed by atoms with Crippen molar-refractivity contribution in [2.45, 2.75) is 25.5 Å². The van der Waals surface area contributed by atoms with Crippen molar-refractivity contribution in [3.05, 3.63) is 0 Å². The van der Waals surface area contributed by atoms with Crippen molar-refractivity contribution >= 4 is 0 Å². The van der Waals surface area contributed by atoms with Crippen molar-refractivity contribution in [2.75, 3.05) is 13.6 Å². The van der Waals surface area contributed by atoms with E-state index in [-0.39, 0.29) is 6.23 Å². The highest BCUT2D eigenvalue weighted by Gasteiger charge is 2.14. The van der Waals surface area contributed by atoms with E-state index in [1.807, 2.05) is 11.9 Å². The van der Waals surface area contributed by atoms with Crippen LogP contribution in [-0.4, -0.2) is 29.8 Å². The summed E-state index contributed by atoms with van der Waals surface area (Å²) in [4.78, 5) is 1.99. The van der Waals surface area contributed by atoms with Crippen molar-refractivity contribution < 1.29 is 5.11 Å². The van der Waals surface area contributed by atoms with E-state index in [0.29, 0.717) is 0 Å². The Kier molecular flexibility index (Phi) is 1.86. The van der Waals surface area contributed by atoms with E-state index in [1.54, 1.807) is 0 Å². The van der Waals surface area contributed by atoms with E-state index in [4.69, 9.17) is 5.11 Å². The standard InChI is InChI=1S/C6H13NO/c1-7-5-3-2-4-6(7)8/h6,8H,2-5H2,1H3/t6-/m1/s1. The van der Waals surface area contributed by atoms with E-state index in [2.05, 4.69) is 0 Å². The molecule has 0 aromatic carbocycles. The predicted molar refractivity (Wildman–Crippen MR) is 32.5 cm³/mol. The highest BCUT2D eigenvalue weighted by molar-refractivity contribution is 4.63. The van der Waals surface area contributed by atoms with Crippen LogP contribution in [0.15, 0.2) is 0 Å². The molecule has 0 radical (unpaired) electrons. The molecular weight excluding hydrogens is 102 g/mol. The summed E-state index contributed by atoms with van der Waals surface area (Å²) in [6.45, 7) is 1.06. The van der Waals surface area contributed by atoms with Gasteiger partial charge in [0.25, 0.3) is 0 Å². The fraction of sp³-hybridized carbons (Fsp3) is 1.00. The van der Waals surface area contributed by atoms with Gasteiger partial charge in [-0.15, -0.1) is 0 Å². The lowest BCUT2D eigenvalue weighted by Crippen LogP contribution is -2.35. The Morgan fingerprint density at radius 1 is 1.50 bits per heavy atom. The van der Waals surface area contributed by atoms with Crippen molar-refractivity contribution in [2.24, 2.45) is 0 Å². The zero-order valence-electron chi connectivity index (χ0n) is 5.30. The van der Waals surface area contributed by atoms with Crippen LogP contribution in [0.2, 0.25) is 0 Å². The molecule has 0 amide bonds. The summed E-state index contributed by atoms with van der Waals surface area (Å²) in [5, 5.41) is 9.10. The molecule has 0 unspecified atom stereocenters. The van der Waals surface area contributed by atoms with Crippen molar-refractivity contribution in [1.29, 1.82) is 0 Å². The fourth-order valence-electron chi connectivity index (χ4n) is 1.06. The second-order valence-electron chi connectivity index (χ2n) is 2.46. The largest absolute Gasteiger partial charge is 0.378 e. The smallest absolute Gasteiger partial charge is 0.107 e. The molecule has 2 nitrogen and oxygen atoms in total. The number of rotatable bonds is 0. The van der Waals surface area contributed by atoms with Crippen LogP contribution < -0.4 is 0 Å². The average molecular weight is 115 g/mol. The van der Waals surface area contributed by atoms with Gasteiger partial charge in [0.15, 0.2) is 0 Å². The van der Waals surface area contributed by atoms with Crippen LogP contribution in [0.25, 0.3) is 0 Å². The van der Waals surface area contributed by atoms with Crippen LogP contribution in [0.3, 0.4) is 0 Å². The van der Waals surface area contributed by atoms with Gasteiger partial charge in [-0.1, -0.05) is 0 Å². The Balaban J connectivity index is 2.28. The van der Waals surface area contributed by atoms with Crippen molar-refractivity contribution in [1.82, 2.24) is 4.90 Å². The molecule has 2 heteroatoms. The van der Waals surface area contributed by atoms with E-state index >= 15 is 0 Å². The molecule has 8 heavy (non-hydrogen) atoms. The molecule has 0 bridgehead atoms. The summed E-state index contributed by atoms with van der Waals surface area (Å²) in [5.74, 6) is 0. The maximum Gasteiger partial charge on any atom is 0.107 e. The Labute approximate surface area is 50.1 Å². The SMILES string of the molecule is CN1CCCC[C@H]1O. The van der Waals surface area contributed by atoms with E-state index in [0.717, 1.165) is 13.0 Å². The van der Waals surface area contributed by atoms with E-state index in [1.165, 1.54) is 12.8 Å². The van der Waals surface area contributed by atoms with Gasteiger partial charge in [0.05, 0.1) is 0 Å². The molecule has 1 saturated heterocycles. The second-order valence-corrected chi connectivity index (χ2v) is 2.46. The molecule has 0 aromatic rings. The molecule has 48 valence electrons. The number of likely N-dealkylation sites (tertiary alicyclic amines) is 1. The molecular formula is C6H13NO. The molecule has 1 atom stereocenters. The van der Waals surface area contributed by atoms with Gasteiger partial charge in [0.2, 0.25) is 0 Å². The van der Waals surface area contributed by atoms with E-state index < -0.39 is 0 Å². The lowest BCUT2D eigenvalue weighted by Gasteiger charge is -2.27. The number of aliphatic hydroxyl groups excluding tert-OH is 1. The first kappa shape index (κ1) is 6.05. The number of hydrogen-bond acceptors (Lipinski definition) is 2. The Bertz CT molecular complexity index is 64.9. The minimum Gasteiger partial charge on any atom is -0.378 e. The monoisotopic (exact) mass is 115 g/mol. The van der Waals surface area contributed by atoms with Crippen LogP contribution in [-0.2, 0) is 0 Å². The van der Waals surface area contributed by atoms with Gasteiger partial charge in [0, 0.05) is 6.54 Å². The summed E-state index contributed by atoms with van der Waals surface area (Å²) in [6.07, 6.45) is 3.22. The molecule has 0 aromatic heterocycles. The van der Waals surface area contributed by atoms with Gasteiger partial charge in [-0.2, -0.15) is 0 Å². The van der Waals surface area contributed by atoms with Crippen LogP contribution in [0, 0.1) is 0 Å². The predicted octanol–water partition coefficient (Wildman–Crippen LogP) is 0.420. The average Bonchev–Trinajstić information content (AvgIpc) is 1.77. The Morgan fingerprint density at radius 3 is 2.62 bits per heavy atom. The summed E-state index contributed by atoms with van der Waals surface area (Å²) >= 11 is 0. The maximum absolute atomic E-state index is 9.10. The third-order valence-electron chi connectivity index (χ3n) is 1.73. The minimum absolute atomic E-state index is 0.163. The zero-order chi connectivity index (χ0) is 5.98. The lowest BCUT2D eigenvalue weighted by molar-refractivity contribution is -0.00577. The zero-order valence-corrected chi connectivity index (χ0v) is 5.30. The molecule has 1 aliphatic rings. The number of piperidine rings is 1. The fourth-order valence-corrected chi connectivity index (χ4v) is 1.06. The normalized spacial score (nSPS) is 33.0. The highest BCUT2D eigenvalue weighted by Crippen LogP contribution is 2.11. The van der Waals surface area contributed by atoms with Crippen LogP contribution in [0.1, 0.15) is 19.3 Å². The first-order valence-electron chi connectivity index (χ1n) is 3.19. The van der Waals surface area contributed by atoms with Crippen LogP contribution in [0.5, 0.6) is 0 Å². The lowest BCUT2D eigenvalue weighted by atomic mass is 10.1. The van der Waals surface area contributed by atoms with Gasteiger partial charge >= 0.3 is 0 Å². The van der Waals surface area contributed by atoms with Crippen LogP contribution in [0.4, 0.5) is 0 Å². The minimum atomic E-state index is -0.163. The molecule has 1 rings (SSSR count). The first-order valence-corrected chi connectivity index (χ1v) is 3.19. The first-order chi connectivity index (χ1) is 3.80. The molecule has 0 saturated carbocycles. The number of hydrogen-bond donors (Lipinski definition) is 1. The summed E-state index contributed by atoms with van der Waals surface area (Å²) in [5.41, 5.74) is 0. The topological polar surface area (TPSA) is 23.5 Å². The second kappa shape index (κ2) is 2.46. The van der Waals surface area contributed by atoms with Crippen molar-refractivity contribution in [3.63, 3.8) is 0 Å². The highest BCUT2D eigenvalue weighted by atomic mass is 16.3. The quantitative estimate of drug-likeness (QED) is 0.494. The summed E-state index contributed by atoms with van der Waals surface area (Å²) < 4.78 is 0. The molecule has 1 fully saturated rings.